The third-order valence-corrected chi connectivity index (χ3v) is 5.19. The van der Waals surface area contributed by atoms with Crippen molar-refractivity contribution in [1.29, 1.82) is 0 Å². The number of hydrogen-bond acceptors (Lipinski definition) is 8. The van der Waals surface area contributed by atoms with E-state index in [1.54, 1.807) is 24.0 Å². The van der Waals surface area contributed by atoms with Gasteiger partial charge < -0.3 is 25.4 Å². The van der Waals surface area contributed by atoms with Crippen molar-refractivity contribution >= 4 is 34.2 Å². The van der Waals surface area contributed by atoms with Gasteiger partial charge in [0.25, 0.3) is 5.91 Å². The number of pyridine rings is 1. The van der Waals surface area contributed by atoms with Crippen LogP contribution in [-0.4, -0.2) is 51.1 Å². The number of aromatic nitrogens is 2. The van der Waals surface area contributed by atoms with Crippen molar-refractivity contribution in [3.63, 3.8) is 0 Å². The zero-order chi connectivity index (χ0) is 21.9. The molecule has 3 N–H and O–H groups in total. The van der Waals surface area contributed by atoms with Crippen LogP contribution in [0.5, 0.6) is 5.88 Å². The quantitative estimate of drug-likeness (QED) is 0.757. The second-order valence-corrected chi connectivity index (χ2v) is 8.96. The number of likely N-dealkylation sites (tertiary alicyclic amines) is 1. The number of nitrogens with zero attached hydrogens (tertiary/aromatic N) is 3. The Labute approximate surface area is 179 Å². The van der Waals surface area contributed by atoms with Crippen LogP contribution in [0.2, 0.25) is 0 Å². The fraction of sp³-hybridized carbons (Fsp3) is 0.500. The van der Waals surface area contributed by atoms with Crippen LogP contribution in [0.4, 0.5) is 15.5 Å². The highest BCUT2D eigenvalue weighted by molar-refractivity contribution is 7.10. The van der Waals surface area contributed by atoms with Gasteiger partial charge in [-0.3, -0.25) is 4.79 Å². The van der Waals surface area contributed by atoms with Crippen LogP contribution in [-0.2, 0) is 4.74 Å². The van der Waals surface area contributed by atoms with E-state index in [0.29, 0.717) is 40.9 Å². The lowest BCUT2D eigenvalue weighted by atomic mass is 10.1. The maximum atomic E-state index is 12.4. The van der Waals surface area contributed by atoms with Crippen molar-refractivity contribution in [3.8, 4) is 5.88 Å². The van der Waals surface area contributed by atoms with Gasteiger partial charge in [0, 0.05) is 12.6 Å². The molecule has 0 radical (unpaired) electrons. The molecule has 162 valence electrons. The summed E-state index contributed by atoms with van der Waals surface area (Å²) in [7, 11) is 0. The third kappa shape index (κ3) is 5.59. The molecule has 1 fully saturated rings. The van der Waals surface area contributed by atoms with Crippen molar-refractivity contribution in [1.82, 2.24) is 14.3 Å². The van der Waals surface area contributed by atoms with Gasteiger partial charge in [0.2, 0.25) is 5.88 Å². The standard InChI is InChI=1S/C20H27N5O4S/c1-12-16(17(21)30-24-12)18(26)23-13-7-8-15(22-10-13)28-14-6-5-9-25(11-14)19(27)29-20(2,3)4/h7-8,10,14H,5-6,9,11,21H2,1-4H3,(H,23,26). The fourth-order valence-corrected chi connectivity index (χ4v) is 3.74. The first-order valence-corrected chi connectivity index (χ1v) is 10.5. The minimum Gasteiger partial charge on any atom is -0.472 e. The number of aryl methyl sites for hydroxylation is 1. The molecule has 1 aliphatic rings. The van der Waals surface area contributed by atoms with Crippen molar-refractivity contribution in [3.05, 3.63) is 29.6 Å². The Balaban J connectivity index is 1.56. The highest BCUT2D eigenvalue weighted by atomic mass is 32.1. The van der Waals surface area contributed by atoms with Crippen molar-refractivity contribution in [2.75, 3.05) is 24.1 Å². The largest absolute Gasteiger partial charge is 0.472 e. The van der Waals surface area contributed by atoms with Gasteiger partial charge in [0.15, 0.2) is 0 Å². The van der Waals surface area contributed by atoms with Gasteiger partial charge in [0.05, 0.1) is 29.7 Å². The maximum Gasteiger partial charge on any atom is 0.410 e. The number of nitrogen functional groups attached to an aromatic ring is 1. The molecule has 3 rings (SSSR count). The average molecular weight is 434 g/mol. The molecular weight excluding hydrogens is 406 g/mol. The molecule has 9 nitrogen and oxygen atoms in total. The molecule has 2 aromatic rings. The molecule has 1 atom stereocenters. The number of nitrogens with one attached hydrogen (secondary N) is 1. The molecule has 0 spiro atoms. The zero-order valence-electron chi connectivity index (χ0n) is 17.6. The number of piperidine rings is 1. The number of nitrogens with two attached hydrogens (primary N) is 1. The second kappa shape index (κ2) is 8.86. The van der Waals surface area contributed by atoms with Gasteiger partial charge in [-0.15, -0.1) is 0 Å². The molecular formula is C20H27N5O4S. The highest BCUT2D eigenvalue weighted by Gasteiger charge is 2.28. The number of rotatable bonds is 4. The molecule has 0 aromatic carbocycles. The molecule has 10 heteroatoms. The lowest BCUT2D eigenvalue weighted by molar-refractivity contribution is 0.00722. The summed E-state index contributed by atoms with van der Waals surface area (Å²) in [4.78, 5) is 30.6. The van der Waals surface area contributed by atoms with Crippen molar-refractivity contribution in [2.45, 2.75) is 52.2 Å². The molecule has 2 aromatic heterocycles. The molecule has 0 bridgehead atoms. The first-order chi connectivity index (χ1) is 14.1. The SMILES string of the molecule is Cc1nsc(N)c1C(=O)Nc1ccc(OC2CCCN(C(=O)OC(C)(C)C)C2)nc1. The third-order valence-electron chi connectivity index (χ3n) is 4.43. The molecule has 0 saturated carbocycles. The monoisotopic (exact) mass is 433 g/mol. The molecule has 30 heavy (non-hydrogen) atoms. The fourth-order valence-electron chi connectivity index (χ4n) is 3.08. The summed E-state index contributed by atoms with van der Waals surface area (Å²) in [6.45, 7) is 8.36. The summed E-state index contributed by atoms with van der Waals surface area (Å²) in [5, 5.41) is 3.14. The van der Waals surface area contributed by atoms with Crippen molar-refractivity contribution in [2.24, 2.45) is 0 Å². The van der Waals surface area contributed by atoms with Gasteiger partial charge in [-0.25, -0.2) is 9.78 Å². The van der Waals surface area contributed by atoms with E-state index in [9.17, 15) is 9.59 Å². The lowest BCUT2D eigenvalue weighted by Gasteiger charge is -2.33. The van der Waals surface area contributed by atoms with E-state index in [-0.39, 0.29) is 18.1 Å². The zero-order valence-corrected chi connectivity index (χ0v) is 18.4. The van der Waals surface area contributed by atoms with Crippen LogP contribution in [0.1, 0.15) is 49.7 Å². The summed E-state index contributed by atoms with van der Waals surface area (Å²) in [6.07, 6.45) is 2.67. The van der Waals surface area contributed by atoms with Crippen molar-refractivity contribution < 1.29 is 19.1 Å². The first-order valence-electron chi connectivity index (χ1n) is 9.76. The number of anilines is 2. The average Bonchev–Trinajstić information content (AvgIpc) is 3.00. The van der Waals surface area contributed by atoms with Crippen LogP contribution >= 0.6 is 11.5 Å². The summed E-state index contributed by atoms with van der Waals surface area (Å²) in [6, 6.07) is 3.39. The summed E-state index contributed by atoms with van der Waals surface area (Å²) in [5.74, 6) is 0.103. The Kier molecular flexibility index (Phi) is 6.45. The van der Waals surface area contributed by atoms with Crippen LogP contribution in [0.15, 0.2) is 18.3 Å². The number of amides is 2. The minimum atomic E-state index is -0.533. The normalized spacial score (nSPS) is 16.8. The second-order valence-electron chi connectivity index (χ2n) is 8.15. The van der Waals surface area contributed by atoms with Crippen LogP contribution in [0.3, 0.4) is 0 Å². The van der Waals surface area contributed by atoms with Gasteiger partial charge >= 0.3 is 6.09 Å². The van der Waals surface area contributed by atoms with E-state index < -0.39 is 5.60 Å². The Hall–Kier alpha value is -2.88. The van der Waals surface area contributed by atoms with E-state index in [4.69, 9.17) is 15.2 Å². The van der Waals surface area contributed by atoms with Crippen LogP contribution in [0, 0.1) is 6.92 Å². The maximum absolute atomic E-state index is 12.4. The Morgan fingerprint density at radius 1 is 1.33 bits per heavy atom. The lowest BCUT2D eigenvalue weighted by Crippen LogP contribution is -2.46. The Morgan fingerprint density at radius 3 is 2.70 bits per heavy atom. The highest BCUT2D eigenvalue weighted by Crippen LogP contribution is 2.23. The molecule has 0 aliphatic carbocycles. The molecule has 1 aliphatic heterocycles. The van der Waals surface area contributed by atoms with Gasteiger partial charge in [-0.05, 0) is 58.1 Å². The van der Waals surface area contributed by atoms with Gasteiger partial charge in [0.1, 0.15) is 16.7 Å². The summed E-state index contributed by atoms with van der Waals surface area (Å²) in [5.41, 5.74) is 6.78. The number of carbonyl (C=O) groups excluding carboxylic acids is 2. The smallest absolute Gasteiger partial charge is 0.410 e. The first kappa shape index (κ1) is 21.8. The predicted molar refractivity (Wildman–Crippen MR) is 115 cm³/mol. The van der Waals surface area contributed by atoms with E-state index in [0.717, 1.165) is 24.4 Å². The van der Waals surface area contributed by atoms with Gasteiger partial charge in [-0.2, -0.15) is 4.37 Å². The van der Waals surface area contributed by atoms with Crippen LogP contribution < -0.4 is 15.8 Å². The van der Waals surface area contributed by atoms with E-state index in [2.05, 4.69) is 14.7 Å². The summed E-state index contributed by atoms with van der Waals surface area (Å²) < 4.78 is 15.5. The topological polar surface area (TPSA) is 120 Å². The number of hydrogen-bond donors (Lipinski definition) is 2. The van der Waals surface area contributed by atoms with Gasteiger partial charge in [-0.1, -0.05) is 0 Å². The molecule has 3 heterocycles. The number of carbonyl (C=O) groups is 2. The Morgan fingerprint density at radius 2 is 2.10 bits per heavy atom. The molecule has 1 saturated heterocycles. The molecule has 1 unspecified atom stereocenters. The van der Waals surface area contributed by atoms with E-state index in [1.165, 1.54) is 6.20 Å². The predicted octanol–water partition coefficient (Wildman–Crippen LogP) is 3.46. The summed E-state index contributed by atoms with van der Waals surface area (Å²) >= 11 is 1.09. The van der Waals surface area contributed by atoms with E-state index in [1.807, 2.05) is 20.8 Å². The Bertz CT molecular complexity index is 887. The van der Waals surface area contributed by atoms with E-state index >= 15 is 0 Å². The number of ether oxygens (including phenoxy) is 2. The molecule has 2 amide bonds. The van der Waals surface area contributed by atoms with Crippen LogP contribution in [0.25, 0.3) is 0 Å². The minimum absolute atomic E-state index is 0.168.